The molecular formula is C16H28N4O4S. The maximum atomic E-state index is 11.8. The van der Waals surface area contributed by atoms with Crippen molar-refractivity contribution in [1.82, 2.24) is 16.0 Å². The lowest BCUT2D eigenvalue weighted by molar-refractivity contribution is -0.121. The Kier molecular flexibility index (Phi) is 8.17. The summed E-state index contributed by atoms with van der Waals surface area (Å²) in [6.07, 6.45) is 5.19. The molecule has 5 N–H and O–H groups in total. The average molecular weight is 372 g/mol. The first-order valence-electron chi connectivity index (χ1n) is 8.94. The number of carbonyl (C=O) groups excluding carboxylic acids is 3. The molecule has 0 aromatic rings. The van der Waals surface area contributed by atoms with Crippen LogP contribution >= 0.6 is 11.8 Å². The van der Waals surface area contributed by atoms with Crippen LogP contribution in [0.2, 0.25) is 0 Å². The van der Waals surface area contributed by atoms with Gasteiger partial charge < -0.3 is 26.4 Å². The second-order valence-corrected chi connectivity index (χ2v) is 7.72. The normalized spacial score (nSPS) is 24.3. The molecule has 8 nitrogen and oxygen atoms in total. The van der Waals surface area contributed by atoms with Crippen LogP contribution in [0.1, 0.15) is 44.9 Å². The van der Waals surface area contributed by atoms with Gasteiger partial charge in [-0.3, -0.25) is 4.79 Å². The van der Waals surface area contributed by atoms with Gasteiger partial charge in [-0.1, -0.05) is 6.42 Å². The number of primary amides is 1. The molecule has 0 radical (unpaired) electrons. The number of unbranched alkanes of at least 4 members (excludes halogenated alkanes) is 3. The number of nitrogens with one attached hydrogen (secondary N) is 3. The number of hydrogen-bond donors (Lipinski definition) is 4. The second-order valence-electron chi connectivity index (χ2n) is 6.45. The van der Waals surface area contributed by atoms with Crippen molar-refractivity contribution in [2.75, 3.05) is 18.9 Å². The third-order valence-electron chi connectivity index (χ3n) is 4.47. The maximum Gasteiger partial charge on any atom is 0.404 e. The van der Waals surface area contributed by atoms with Gasteiger partial charge in [-0.15, -0.1) is 0 Å². The second kappa shape index (κ2) is 10.4. The van der Waals surface area contributed by atoms with E-state index in [-0.39, 0.29) is 24.0 Å². The van der Waals surface area contributed by atoms with Crippen LogP contribution in [-0.2, 0) is 9.53 Å². The summed E-state index contributed by atoms with van der Waals surface area (Å²) in [6.45, 7) is 0.982. The zero-order valence-electron chi connectivity index (χ0n) is 14.4. The molecule has 25 heavy (non-hydrogen) atoms. The predicted molar refractivity (Wildman–Crippen MR) is 96.4 cm³/mol. The van der Waals surface area contributed by atoms with Crippen LogP contribution in [0.5, 0.6) is 0 Å². The lowest BCUT2D eigenvalue weighted by Gasteiger charge is -2.16. The first kappa shape index (κ1) is 19.7. The molecule has 0 aliphatic carbocycles. The van der Waals surface area contributed by atoms with E-state index < -0.39 is 6.09 Å². The Morgan fingerprint density at radius 2 is 2.04 bits per heavy atom. The number of thioether (sulfide) groups is 1. The molecule has 0 bridgehead atoms. The molecular weight excluding hydrogens is 344 g/mol. The van der Waals surface area contributed by atoms with E-state index in [0.29, 0.717) is 24.8 Å². The molecule has 2 aliphatic heterocycles. The van der Waals surface area contributed by atoms with Crippen molar-refractivity contribution in [3.63, 3.8) is 0 Å². The Hall–Kier alpha value is -1.64. The fraction of sp³-hybridized carbons (Fsp3) is 0.812. The van der Waals surface area contributed by atoms with Crippen LogP contribution in [0.3, 0.4) is 0 Å². The molecule has 2 fully saturated rings. The Labute approximate surface area is 152 Å². The van der Waals surface area contributed by atoms with Crippen molar-refractivity contribution in [3.8, 4) is 0 Å². The zero-order chi connectivity index (χ0) is 18.1. The van der Waals surface area contributed by atoms with Crippen molar-refractivity contribution in [1.29, 1.82) is 0 Å². The molecule has 0 unspecified atom stereocenters. The molecule has 4 amide bonds. The molecule has 0 spiro atoms. The van der Waals surface area contributed by atoms with Gasteiger partial charge in [0.2, 0.25) is 5.91 Å². The highest BCUT2D eigenvalue weighted by molar-refractivity contribution is 8.00. The van der Waals surface area contributed by atoms with Gasteiger partial charge in [-0.25, -0.2) is 9.59 Å². The highest BCUT2D eigenvalue weighted by Crippen LogP contribution is 2.33. The summed E-state index contributed by atoms with van der Waals surface area (Å²) in [4.78, 5) is 33.5. The Morgan fingerprint density at radius 3 is 2.84 bits per heavy atom. The lowest BCUT2D eigenvalue weighted by Crippen LogP contribution is -2.36. The molecule has 0 aromatic carbocycles. The molecule has 2 heterocycles. The molecule has 9 heteroatoms. The number of fused-ring (bicyclic) bond motifs is 1. The third-order valence-corrected chi connectivity index (χ3v) is 5.98. The van der Waals surface area contributed by atoms with Gasteiger partial charge in [0.1, 0.15) is 0 Å². The number of carbonyl (C=O) groups is 3. The number of urea groups is 1. The van der Waals surface area contributed by atoms with Gasteiger partial charge in [0.25, 0.3) is 0 Å². The van der Waals surface area contributed by atoms with Crippen molar-refractivity contribution in [3.05, 3.63) is 0 Å². The highest BCUT2D eigenvalue weighted by Gasteiger charge is 2.42. The maximum absolute atomic E-state index is 11.8. The minimum atomic E-state index is -0.744. The highest BCUT2D eigenvalue weighted by atomic mass is 32.2. The Morgan fingerprint density at radius 1 is 1.20 bits per heavy atom. The van der Waals surface area contributed by atoms with Crippen molar-refractivity contribution < 1.29 is 19.1 Å². The summed E-state index contributed by atoms with van der Waals surface area (Å²) in [5.74, 6) is 1.06. The van der Waals surface area contributed by atoms with E-state index in [4.69, 9.17) is 5.73 Å². The number of rotatable bonds is 11. The van der Waals surface area contributed by atoms with Crippen LogP contribution in [0.25, 0.3) is 0 Å². The number of nitrogens with two attached hydrogens (primary N) is 1. The van der Waals surface area contributed by atoms with E-state index in [1.807, 2.05) is 11.8 Å². The van der Waals surface area contributed by atoms with Gasteiger partial charge in [0, 0.05) is 24.0 Å². The SMILES string of the molecule is NC(=O)OCCCCCNC(=O)CCCC[C@@H]1SC[C@@H]2NC(=O)N[C@@H]21. The van der Waals surface area contributed by atoms with Gasteiger partial charge in [-0.05, 0) is 32.1 Å². The number of ether oxygens (including phenoxy) is 1. The van der Waals surface area contributed by atoms with Crippen LogP contribution < -0.4 is 21.7 Å². The molecule has 0 saturated carbocycles. The Balaban J connectivity index is 1.42. The van der Waals surface area contributed by atoms with Gasteiger partial charge in [0.15, 0.2) is 0 Å². The minimum absolute atomic E-state index is 0.0548. The molecule has 2 saturated heterocycles. The first-order valence-corrected chi connectivity index (χ1v) is 9.98. The van der Waals surface area contributed by atoms with Crippen molar-refractivity contribution in [2.24, 2.45) is 5.73 Å². The van der Waals surface area contributed by atoms with E-state index in [9.17, 15) is 14.4 Å². The van der Waals surface area contributed by atoms with Crippen LogP contribution in [-0.4, -0.2) is 54.3 Å². The first-order chi connectivity index (χ1) is 12.1. The van der Waals surface area contributed by atoms with Gasteiger partial charge in [0.05, 0.1) is 18.7 Å². The van der Waals surface area contributed by atoms with Gasteiger partial charge in [-0.2, -0.15) is 11.8 Å². The van der Waals surface area contributed by atoms with Crippen molar-refractivity contribution >= 4 is 29.8 Å². The topological polar surface area (TPSA) is 123 Å². The number of hydrogen-bond acceptors (Lipinski definition) is 5. The molecule has 3 atom stereocenters. The average Bonchev–Trinajstić information content (AvgIpc) is 3.10. The van der Waals surface area contributed by atoms with Crippen LogP contribution in [0.15, 0.2) is 0 Å². The van der Waals surface area contributed by atoms with Crippen LogP contribution in [0, 0.1) is 0 Å². The fourth-order valence-corrected chi connectivity index (χ4v) is 4.71. The van der Waals surface area contributed by atoms with E-state index in [1.54, 1.807) is 0 Å². The van der Waals surface area contributed by atoms with Gasteiger partial charge >= 0.3 is 12.1 Å². The predicted octanol–water partition coefficient (Wildman–Crippen LogP) is 1.09. The molecule has 2 rings (SSSR count). The minimum Gasteiger partial charge on any atom is -0.450 e. The third kappa shape index (κ3) is 7.01. The fourth-order valence-electron chi connectivity index (χ4n) is 3.17. The van der Waals surface area contributed by atoms with Crippen molar-refractivity contribution in [2.45, 2.75) is 62.3 Å². The zero-order valence-corrected chi connectivity index (χ0v) is 15.2. The van der Waals surface area contributed by atoms with E-state index in [0.717, 1.165) is 44.3 Å². The summed E-state index contributed by atoms with van der Waals surface area (Å²) >= 11 is 1.90. The van der Waals surface area contributed by atoms with E-state index in [1.165, 1.54) is 0 Å². The quantitative estimate of drug-likeness (QED) is 0.319. The summed E-state index contributed by atoms with van der Waals surface area (Å²) in [5.41, 5.74) is 4.86. The van der Waals surface area contributed by atoms with E-state index >= 15 is 0 Å². The summed E-state index contributed by atoms with van der Waals surface area (Å²) in [7, 11) is 0. The molecule has 0 aromatic heterocycles. The number of amides is 4. The standard InChI is InChI=1S/C16H28N4O4S/c17-15(22)24-9-5-1-4-8-18-13(21)7-3-2-6-12-14-11(10-25-12)19-16(23)20-14/h11-12,14H,1-10H2,(H2,17,22)(H,18,21)(H2,19,20,23)/t11-,12-,14-/m0/s1. The largest absolute Gasteiger partial charge is 0.450 e. The summed E-state index contributed by atoms with van der Waals surface area (Å²) in [5, 5.41) is 9.28. The Bertz CT molecular complexity index is 477. The van der Waals surface area contributed by atoms with Crippen LogP contribution in [0.4, 0.5) is 9.59 Å². The summed E-state index contributed by atoms with van der Waals surface area (Å²) in [6, 6.07) is 0.449. The summed E-state index contributed by atoms with van der Waals surface area (Å²) < 4.78 is 4.63. The molecule has 142 valence electrons. The van der Waals surface area contributed by atoms with E-state index in [2.05, 4.69) is 20.7 Å². The molecule has 2 aliphatic rings. The lowest BCUT2D eigenvalue weighted by atomic mass is 10.0. The monoisotopic (exact) mass is 372 g/mol. The smallest absolute Gasteiger partial charge is 0.404 e.